The smallest absolute Gasteiger partial charge is 0.410 e. The van der Waals surface area contributed by atoms with E-state index in [1.54, 1.807) is 17.9 Å². The molecule has 0 aromatic heterocycles. The molecule has 1 aromatic rings. The number of carbonyl (C=O) groups excluding carboxylic acids is 5. The Hall–Kier alpha value is -3.81. The van der Waals surface area contributed by atoms with Crippen molar-refractivity contribution in [3.05, 3.63) is 29.6 Å². The van der Waals surface area contributed by atoms with Crippen molar-refractivity contribution in [2.24, 2.45) is 17.8 Å². The van der Waals surface area contributed by atoms with Gasteiger partial charge in [0.2, 0.25) is 17.7 Å². The number of rotatable bonds is 12. The number of hydrogen-bond donors (Lipinski definition) is 3. The highest BCUT2D eigenvalue weighted by Gasteiger charge is 2.54. The molecule has 50 heavy (non-hydrogen) atoms. The van der Waals surface area contributed by atoms with Crippen molar-refractivity contribution in [2.75, 3.05) is 45.7 Å². The molecule has 3 N–H and O–H groups in total. The number of nitrogens with one attached hydrogen (secondary N) is 3. The molecule has 0 unspecified atom stereocenters. The summed E-state index contributed by atoms with van der Waals surface area (Å²) in [6.45, 7) is 5.67. The van der Waals surface area contributed by atoms with Crippen LogP contribution in [0.4, 0.5) is 19.3 Å². The largest absolute Gasteiger partial charge is 0.453 e. The summed E-state index contributed by atoms with van der Waals surface area (Å²) in [6, 6.07) is 1.51. The molecule has 2 aliphatic heterocycles. The Kier molecular flexibility index (Phi) is 10.4. The molecule has 2 saturated heterocycles. The number of likely N-dealkylation sites (N-methyl/N-ethyl adjacent to an activating group) is 1. The van der Waals surface area contributed by atoms with Gasteiger partial charge in [0, 0.05) is 38.1 Å². The van der Waals surface area contributed by atoms with Crippen molar-refractivity contribution < 1.29 is 37.5 Å². The van der Waals surface area contributed by atoms with Crippen molar-refractivity contribution >= 4 is 35.4 Å². The van der Waals surface area contributed by atoms with Crippen LogP contribution in [-0.4, -0.2) is 115 Å². The van der Waals surface area contributed by atoms with Crippen LogP contribution in [0.5, 0.6) is 0 Å². The lowest BCUT2D eigenvalue weighted by molar-refractivity contribution is -0.140. The van der Waals surface area contributed by atoms with Gasteiger partial charge in [0.25, 0.3) is 5.91 Å². The third kappa shape index (κ3) is 7.74. The summed E-state index contributed by atoms with van der Waals surface area (Å²) in [5.74, 6) is -3.20. The summed E-state index contributed by atoms with van der Waals surface area (Å²) in [4.78, 5) is 71.7. The molecule has 0 spiro atoms. The van der Waals surface area contributed by atoms with Gasteiger partial charge in [-0.15, -0.1) is 0 Å². The molecule has 5 atom stereocenters. The normalized spacial score (nSPS) is 25.0. The number of amides is 5. The third-order valence-corrected chi connectivity index (χ3v) is 11.5. The van der Waals surface area contributed by atoms with Gasteiger partial charge >= 0.3 is 6.09 Å². The second kappa shape index (κ2) is 14.4. The minimum absolute atomic E-state index is 0.0945. The van der Waals surface area contributed by atoms with Crippen LogP contribution >= 0.6 is 0 Å². The van der Waals surface area contributed by atoms with Crippen molar-refractivity contribution in [1.82, 2.24) is 25.3 Å². The number of methoxy groups -OCH3 is 1. The Morgan fingerprint density at radius 1 is 0.960 bits per heavy atom. The van der Waals surface area contributed by atoms with E-state index in [9.17, 15) is 28.4 Å². The van der Waals surface area contributed by atoms with E-state index in [1.165, 1.54) is 24.1 Å². The lowest BCUT2D eigenvalue weighted by Crippen LogP contribution is -2.59. The second-order valence-corrected chi connectivity index (χ2v) is 15.1. The third-order valence-electron chi connectivity index (χ3n) is 11.5. The number of hydrogen-bond acceptors (Lipinski definition) is 7. The Morgan fingerprint density at radius 3 is 2.22 bits per heavy atom. The fraction of sp³-hybridized carbons (Fsp3) is 0.694. The van der Waals surface area contributed by atoms with Crippen LogP contribution in [0, 0.1) is 23.6 Å². The lowest BCUT2D eigenvalue weighted by Gasteiger charge is -2.40. The van der Waals surface area contributed by atoms with Crippen LogP contribution in [-0.2, 0) is 23.9 Å². The molecule has 274 valence electrons. The van der Waals surface area contributed by atoms with E-state index in [-0.39, 0.29) is 48.2 Å². The van der Waals surface area contributed by atoms with Crippen LogP contribution in [0.3, 0.4) is 0 Å². The molecule has 6 rings (SSSR count). The number of ether oxygens (including phenoxy) is 1. The van der Waals surface area contributed by atoms with E-state index in [4.69, 9.17) is 4.74 Å². The average molecular weight is 701 g/mol. The van der Waals surface area contributed by atoms with Crippen LogP contribution in [0.25, 0.3) is 0 Å². The molecule has 5 amide bonds. The maximum atomic E-state index is 15.8. The topological polar surface area (TPSA) is 140 Å². The second-order valence-electron chi connectivity index (χ2n) is 15.1. The molecule has 14 heteroatoms. The highest BCUT2D eigenvalue weighted by molar-refractivity contribution is 5.99. The van der Waals surface area contributed by atoms with Crippen molar-refractivity contribution in [3.63, 3.8) is 0 Å². The number of likely N-dealkylation sites (tertiary alicyclic amines) is 1. The Morgan fingerprint density at radius 2 is 1.64 bits per heavy atom. The monoisotopic (exact) mass is 700 g/mol. The number of anilines is 1. The summed E-state index contributed by atoms with van der Waals surface area (Å²) in [7, 11) is 3.24. The zero-order valence-corrected chi connectivity index (χ0v) is 29.4. The zero-order chi connectivity index (χ0) is 35.9. The fourth-order valence-electron chi connectivity index (χ4n) is 7.62. The van der Waals surface area contributed by atoms with Crippen LogP contribution in [0.1, 0.15) is 76.7 Å². The van der Waals surface area contributed by atoms with Gasteiger partial charge in [0.15, 0.2) is 5.67 Å². The minimum atomic E-state index is -1.94. The summed E-state index contributed by atoms with van der Waals surface area (Å²) in [5, 5.41) is 8.23. The van der Waals surface area contributed by atoms with E-state index in [1.807, 2.05) is 14.0 Å². The fourth-order valence-corrected chi connectivity index (χ4v) is 7.62. The van der Waals surface area contributed by atoms with Gasteiger partial charge in [-0.1, -0.05) is 13.0 Å². The van der Waals surface area contributed by atoms with Crippen molar-refractivity contribution in [3.8, 4) is 0 Å². The van der Waals surface area contributed by atoms with Gasteiger partial charge in [-0.05, 0) is 101 Å². The Balaban J connectivity index is 1.20. The quantitative estimate of drug-likeness (QED) is 0.305. The van der Waals surface area contributed by atoms with E-state index >= 15 is 4.39 Å². The standard InChI is InChI=1S/C36H50F2N6O6/c1-20-19-43(17-16-42(20)3)33(47)29(40-31(45)27-6-5-15-44(27)35(49)50-4)21(2)24-11-12-26(25(37)18-24)39-32(46)30(41-34(48)36(38)13-14-36)28(22-7-8-22)23-9-10-23/h11-12,18,20-23,27-30H,5-10,13-17,19H2,1-4H3,(H,39,46)(H,40,45)(H,41,48)/t20-,21+,27+,29-,30+/m1/s1. The summed E-state index contributed by atoms with van der Waals surface area (Å²) in [5.41, 5.74) is -1.62. The number of alkyl halides is 1. The minimum Gasteiger partial charge on any atom is -0.453 e. The molecule has 5 fully saturated rings. The zero-order valence-electron chi connectivity index (χ0n) is 29.4. The van der Waals surface area contributed by atoms with Gasteiger partial charge in [-0.3, -0.25) is 24.1 Å². The molecule has 3 aliphatic carbocycles. The molecule has 5 aliphatic rings. The number of carbonyl (C=O) groups is 5. The van der Waals surface area contributed by atoms with Crippen LogP contribution in [0.2, 0.25) is 0 Å². The maximum absolute atomic E-state index is 15.8. The van der Waals surface area contributed by atoms with Crippen molar-refractivity contribution in [1.29, 1.82) is 0 Å². The number of nitrogens with zero attached hydrogens (tertiary/aromatic N) is 3. The molecule has 0 bridgehead atoms. The molecule has 2 heterocycles. The van der Waals surface area contributed by atoms with E-state index in [2.05, 4.69) is 20.9 Å². The molecule has 1 aromatic carbocycles. The molecule has 12 nitrogen and oxygen atoms in total. The summed E-state index contributed by atoms with van der Waals surface area (Å²) >= 11 is 0. The van der Waals surface area contributed by atoms with Gasteiger partial charge in [0.1, 0.15) is 23.9 Å². The highest BCUT2D eigenvalue weighted by Crippen LogP contribution is 2.51. The Labute approximate surface area is 292 Å². The number of piperazine rings is 1. The lowest BCUT2D eigenvalue weighted by atomic mass is 9.88. The summed E-state index contributed by atoms with van der Waals surface area (Å²) < 4.78 is 35.4. The predicted octanol–water partition coefficient (Wildman–Crippen LogP) is 3.17. The molecule has 3 saturated carbocycles. The van der Waals surface area contributed by atoms with Crippen molar-refractivity contribution in [2.45, 2.75) is 101 Å². The first kappa shape index (κ1) is 36.0. The van der Waals surface area contributed by atoms with Crippen LogP contribution in [0.15, 0.2) is 18.2 Å². The first-order valence-electron chi connectivity index (χ1n) is 18.1. The maximum Gasteiger partial charge on any atom is 0.410 e. The number of halogens is 2. The first-order valence-corrected chi connectivity index (χ1v) is 18.1. The van der Waals surface area contributed by atoms with Gasteiger partial charge < -0.3 is 30.5 Å². The molecular formula is C36H50F2N6O6. The van der Waals surface area contributed by atoms with Gasteiger partial charge in [0.05, 0.1) is 12.8 Å². The van der Waals surface area contributed by atoms with Gasteiger partial charge in [-0.2, -0.15) is 0 Å². The van der Waals surface area contributed by atoms with Crippen LogP contribution < -0.4 is 16.0 Å². The average Bonchev–Trinajstić information content (AvgIpc) is 4.03. The number of benzene rings is 1. The highest BCUT2D eigenvalue weighted by atomic mass is 19.1. The van der Waals surface area contributed by atoms with E-state index < -0.39 is 59.3 Å². The first-order chi connectivity index (χ1) is 23.8. The van der Waals surface area contributed by atoms with Gasteiger partial charge in [-0.25, -0.2) is 13.6 Å². The Bertz CT molecular complexity index is 1490. The molecule has 0 radical (unpaired) electrons. The summed E-state index contributed by atoms with van der Waals surface area (Å²) in [6.07, 6.45) is 4.41. The predicted molar refractivity (Wildman–Crippen MR) is 180 cm³/mol. The van der Waals surface area contributed by atoms with E-state index in [0.717, 1.165) is 25.7 Å². The van der Waals surface area contributed by atoms with E-state index in [0.29, 0.717) is 44.6 Å². The SMILES string of the molecule is COC(=O)N1CCC[C@H]1C(=O)N[C@@H](C(=O)N1CCN(C)[C@H](C)C1)[C@@H](C)c1ccc(NC(=O)[C@@H](NC(=O)C2(F)CC2)C(C2CC2)C2CC2)c(F)c1. The molecular weight excluding hydrogens is 650 g/mol.